The molecule has 2 aliphatic heterocycles. The van der Waals surface area contributed by atoms with Crippen molar-refractivity contribution < 1.29 is 43.7 Å². The molecule has 0 radical (unpaired) electrons. The van der Waals surface area contributed by atoms with Crippen molar-refractivity contribution in [3.8, 4) is 61.8 Å². The van der Waals surface area contributed by atoms with Crippen LogP contribution >= 0.6 is 0 Å². The van der Waals surface area contributed by atoms with Crippen molar-refractivity contribution in [3.63, 3.8) is 0 Å². The summed E-state index contributed by atoms with van der Waals surface area (Å²) in [6.07, 6.45) is 8.27. The molecular formula is C56H54N4O9. The number of aliphatic hydroxyl groups excluding tert-OH is 3. The van der Waals surface area contributed by atoms with Crippen LogP contribution in [0.4, 0.5) is 0 Å². The fourth-order valence-electron chi connectivity index (χ4n) is 8.33. The second-order valence-electron chi connectivity index (χ2n) is 16.0. The van der Waals surface area contributed by atoms with Gasteiger partial charge >= 0.3 is 0 Å². The average molecular weight is 927 g/mol. The molecule has 0 fully saturated rings. The molecule has 0 saturated carbocycles. The number of nitrogens with zero attached hydrogens (tertiary/aromatic N) is 2. The van der Waals surface area contributed by atoms with Crippen LogP contribution in [0.15, 0.2) is 127 Å². The third-order valence-electron chi connectivity index (χ3n) is 11.4. The lowest BCUT2D eigenvalue weighted by molar-refractivity contribution is 0.0705. The van der Waals surface area contributed by atoms with Crippen LogP contribution in [0.25, 0.3) is 90.9 Å². The Labute approximate surface area is 399 Å². The summed E-state index contributed by atoms with van der Waals surface area (Å²) < 4.78 is 34.1. The number of hydrogen-bond acceptors (Lipinski definition) is 11. The number of aromatic nitrogens is 4. The van der Waals surface area contributed by atoms with E-state index in [4.69, 9.17) is 53.7 Å². The van der Waals surface area contributed by atoms with Gasteiger partial charge in [0.1, 0.15) is 37.1 Å². The van der Waals surface area contributed by atoms with Gasteiger partial charge in [0.2, 0.25) is 0 Å². The Hall–Kier alpha value is -7.36. The third-order valence-corrected chi connectivity index (χ3v) is 11.4. The SMILES string of the molecule is OCCOCCOc1ccc(-c2c3nc(c(-c4ccc(OCCOCCO)cc4)c4ccc([nH]4)c(-c4ccc(OCCOCCO)cc4)c4nc(c(-c5ccccc5)c5ccc2[nH]5)C=C4)C=C3)cc1. The van der Waals surface area contributed by atoms with Crippen LogP contribution in [0.3, 0.4) is 0 Å². The maximum absolute atomic E-state index is 9.09. The van der Waals surface area contributed by atoms with Gasteiger partial charge in [0.25, 0.3) is 0 Å². The minimum absolute atomic E-state index is 0.0345. The van der Waals surface area contributed by atoms with Gasteiger partial charge in [0, 0.05) is 44.3 Å². The molecule has 69 heavy (non-hydrogen) atoms. The molecule has 13 heteroatoms. The first-order valence-corrected chi connectivity index (χ1v) is 23.1. The fraction of sp³-hybridized carbons (Fsp3) is 0.214. The van der Waals surface area contributed by atoms with Gasteiger partial charge in [-0.1, -0.05) is 66.7 Å². The van der Waals surface area contributed by atoms with Gasteiger partial charge in [0.05, 0.1) is 82.2 Å². The standard InChI is InChI=1S/C56H54N4O9/c61-26-29-64-32-35-67-42-12-6-39(7-13-42)54-47-20-18-45(57-47)53(38-4-2-1-3-5-38)46-19-21-48(58-46)55(40-8-14-43(15-9-40)68-36-33-65-30-27-62)50-23-25-52(60-50)56(51-24-22-49(54)59-51)41-10-16-44(17-11-41)69-37-34-66-31-28-63/h1-25,57,60-63H,26-37H2. The quantitative estimate of drug-likeness (QED) is 0.0410. The summed E-state index contributed by atoms with van der Waals surface area (Å²) in [5.41, 5.74) is 14.0. The van der Waals surface area contributed by atoms with Gasteiger partial charge < -0.3 is 53.7 Å². The number of aliphatic hydroxyl groups is 3. The first kappa shape index (κ1) is 46.7. The Kier molecular flexibility index (Phi) is 15.6. The Bertz CT molecular complexity index is 2980. The summed E-state index contributed by atoms with van der Waals surface area (Å²) in [4.78, 5) is 18.4. The summed E-state index contributed by atoms with van der Waals surface area (Å²) in [6, 6.07) is 42.6. The maximum atomic E-state index is 9.09. The van der Waals surface area contributed by atoms with E-state index >= 15 is 0 Å². The van der Waals surface area contributed by atoms with E-state index in [1.807, 2.05) is 91.0 Å². The lowest BCUT2D eigenvalue weighted by atomic mass is 10.0. The number of ether oxygens (including phenoxy) is 6. The van der Waals surface area contributed by atoms with Gasteiger partial charge in [-0.25, -0.2) is 9.97 Å². The molecule has 352 valence electrons. The highest BCUT2D eigenvalue weighted by Gasteiger charge is 2.19. The number of benzene rings is 4. The Balaban J connectivity index is 1.24. The number of rotatable bonds is 22. The second-order valence-corrected chi connectivity index (χ2v) is 16.0. The van der Waals surface area contributed by atoms with Gasteiger partial charge in [-0.2, -0.15) is 0 Å². The van der Waals surface area contributed by atoms with Crippen molar-refractivity contribution in [3.05, 3.63) is 150 Å². The molecule has 0 aliphatic carbocycles. The molecule has 2 aliphatic rings. The van der Waals surface area contributed by atoms with Crippen LogP contribution in [0.2, 0.25) is 0 Å². The summed E-state index contributed by atoms with van der Waals surface area (Å²) >= 11 is 0. The Morgan fingerprint density at radius 2 is 0.609 bits per heavy atom. The van der Waals surface area contributed by atoms with Crippen LogP contribution < -0.4 is 14.2 Å². The second kappa shape index (κ2) is 23.1. The van der Waals surface area contributed by atoms with E-state index in [0.29, 0.717) is 56.9 Å². The van der Waals surface area contributed by atoms with E-state index in [0.717, 1.165) is 89.4 Å². The molecule has 0 spiro atoms. The largest absolute Gasteiger partial charge is 0.491 e. The number of fused-ring (bicyclic) bond motifs is 8. The molecule has 0 unspecified atom stereocenters. The lowest BCUT2D eigenvalue weighted by Crippen LogP contribution is -2.09. The van der Waals surface area contributed by atoms with Crippen molar-refractivity contribution >= 4 is 46.4 Å². The normalized spacial score (nSPS) is 11.9. The molecule has 13 nitrogen and oxygen atoms in total. The first-order valence-electron chi connectivity index (χ1n) is 23.1. The molecular weight excluding hydrogens is 873 g/mol. The van der Waals surface area contributed by atoms with E-state index in [9.17, 15) is 0 Å². The highest BCUT2D eigenvalue weighted by atomic mass is 16.5. The number of nitrogens with one attached hydrogen (secondary N) is 2. The molecule has 3 aromatic heterocycles. The zero-order chi connectivity index (χ0) is 47.2. The zero-order valence-electron chi connectivity index (χ0n) is 38.1. The topological polar surface area (TPSA) is 173 Å². The summed E-state index contributed by atoms with van der Waals surface area (Å²) in [5, 5.41) is 27.3. The zero-order valence-corrected chi connectivity index (χ0v) is 38.1. The van der Waals surface area contributed by atoms with Crippen LogP contribution in [0, 0.1) is 0 Å². The lowest BCUT2D eigenvalue weighted by Gasteiger charge is -2.10. The molecule has 5 N–H and O–H groups in total. The van der Waals surface area contributed by atoms with Crippen molar-refractivity contribution in [2.45, 2.75) is 0 Å². The molecule has 8 bridgehead atoms. The predicted molar refractivity (Wildman–Crippen MR) is 271 cm³/mol. The number of hydrogen-bond donors (Lipinski definition) is 5. The van der Waals surface area contributed by atoms with Gasteiger partial charge in [-0.05, 0) is 107 Å². The first-order chi connectivity index (χ1) is 34.1. The van der Waals surface area contributed by atoms with E-state index in [1.165, 1.54) is 0 Å². The van der Waals surface area contributed by atoms with E-state index < -0.39 is 0 Å². The monoisotopic (exact) mass is 926 g/mol. The molecule has 0 amide bonds. The molecule has 0 atom stereocenters. The highest BCUT2D eigenvalue weighted by Crippen LogP contribution is 2.39. The Morgan fingerprint density at radius 3 is 0.899 bits per heavy atom. The summed E-state index contributed by atoms with van der Waals surface area (Å²) in [5.74, 6) is 2.09. The summed E-state index contributed by atoms with van der Waals surface area (Å²) in [7, 11) is 0. The fourth-order valence-corrected chi connectivity index (χ4v) is 8.33. The highest BCUT2D eigenvalue weighted by molar-refractivity contribution is 5.99. The van der Waals surface area contributed by atoms with Crippen LogP contribution in [0.5, 0.6) is 17.2 Å². The summed E-state index contributed by atoms with van der Waals surface area (Å²) in [6.45, 7) is 2.85. The number of H-pyrrole nitrogens is 2. The van der Waals surface area contributed by atoms with Crippen molar-refractivity contribution in [1.82, 2.24) is 19.9 Å². The third kappa shape index (κ3) is 11.3. The van der Waals surface area contributed by atoms with E-state index in [-0.39, 0.29) is 39.6 Å². The van der Waals surface area contributed by atoms with E-state index in [2.05, 4.69) is 70.7 Å². The van der Waals surface area contributed by atoms with Crippen LogP contribution in [-0.2, 0) is 14.2 Å². The van der Waals surface area contributed by atoms with Crippen LogP contribution in [0.1, 0.15) is 22.8 Å². The minimum atomic E-state index is -0.0384. The molecule has 9 rings (SSSR count). The predicted octanol–water partition coefficient (Wildman–Crippen LogP) is 9.49. The maximum Gasteiger partial charge on any atom is 0.119 e. The van der Waals surface area contributed by atoms with Gasteiger partial charge in [-0.15, -0.1) is 0 Å². The van der Waals surface area contributed by atoms with Crippen molar-refractivity contribution in [2.24, 2.45) is 0 Å². The van der Waals surface area contributed by atoms with Crippen LogP contribution in [-0.4, -0.2) is 115 Å². The number of aromatic amines is 2. The molecule has 7 aromatic rings. The minimum Gasteiger partial charge on any atom is -0.491 e. The van der Waals surface area contributed by atoms with Crippen molar-refractivity contribution in [2.75, 3.05) is 79.3 Å². The average Bonchev–Trinajstić information content (AvgIpc) is 4.24. The smallest absolute Gasteiger partial charge is 0.119 e. The Morgan fingerprint density at radius 1 is 0.319 bits per heavy atom. The van der Waals surface area contributed by atoms with E-state index in [1.54, 1.807) is 0 Å². The van der Waals surface area contributed by atoms with Crippen molar-refractivity contribution in [1.29, 1.82) is 0 Å². The van der Waals surface area contributed by atoms with Gasteiger partial charge in [0.15, 0.2) is 0 Å². The molecule has 4 aromatic carbocycles. The van der Waals surface area contributed by atoms with Gasteiger partial charge in [-0.3, -0.25) is 0 Å². The molecule has 5 heterocycles. The molecule has 0 saturated heterocycles.